The zero-order valence-corrected chi connectivity index (χ0v) is 18.7. The molecule has 4 heterocycles. The topological polar surface area (TPSA) is 102 Å². The highest BCUT2D eigenvalue weighted by Crippen LogP contribution is 2.39. The molecule has 0 radical (unpaired) electrons. The Labute approximate surface area is 189 Å². The Morgan fingerprint density at radius 1 is 1.12 bits per heavy atom. The molecule has 0 saturated carbocycles. The summed E-state index contributed by atoms with van der Waals surface area (Å²) in [6.45, 7) is 6.21. The predicted molar refractivity (Wildman–Crippen MR) is 125 cm³/mol. The fourth-order valence-electron chi connectivity index (χ4n) is 4.82. The Balaban J connectivity index is 0.00000111. The predicted octanol–water partition coefficient (Wildman–Crippen LogP) is 3.50. The molecule has 2 aliphatic heterocycles. The molecule has 168 valence electrons. The Morgan fingerprint density at radius 3 is 2.64 bits per heavy atom. The van der Waals surface area contributed by atoms with E-state index >= 15 is 0 Å². The summed E-state index contributed by atoms with van der Waals surface area (Å²) in [6.07, 6.45) is -1.46. The van der Waals surface area contributed by atoms with Crippen LogP contribution in [0.25, 0.3) is 33.1 Å². The highest BCUT2D eigenvalue weighted by Gasteiger charge is 2.34. The lowest BCUT2D eigenvalue weighted by Crippen LogP contribution is -2.32. The van der Waals surface area contributed by atoms with E-state index in [-0.39, 0.29) is 18.8 Å². The van der Waals surface area contributed by atoms with Crippen LogP contribution in [0.15, 0.2) is 41.2 Å². The molecule has 1 atom stereocenters. The normalized spacial score (nSPS) is 16.0. The van der Waals surface area contributed by atoms with E-state index in [1.54, 1.807) is 10.6 Å². The van der Waals surface area contributed by atoms with Gasteiger partial charge in [-0.15, -0.1) is 0 Å². The first-order valence-electron chi connectivity index (χ1n) is 11.1. The van der Waals surface area contributed by atoms with Crippen molar-refractivity contribution in [2.75, 3.05) is 0 Å². The van der Waals surface area contributed by atoms with Gasteiger partial charge in [0.25, 0.3) is 5.56 Å². The molecule has 2 aromatic heterocycles. The van der Waals surface area contributed by atoms with Crippen LogP contribution in [-0.2, 0) is 29.3 Å². The van der Waals surface area contributed by atoms with E-state index in [9.17, 15) is 19.8 Å². The largest absolute Gasteiger partial charge is 0.458 e. The lowest BCUT2D eigenvalue weighted by atomic mass is 9.95. The molecule has 0 spiro atoms. The van der Waals surface area contributed by atoms with Gasteiger partial charge in [0.15, 0.2) is 6.10 Å². The molecule has 2 aromatic carbocycles. The third-order valence-corrected chi connectivity index (χ3v) is 6.46. The molecule has 2 aliphatic rings. The number of cyclic esters (lactones) is 1. The molecular weight excluding hydrogens is 420 g/mol. The van der Waals surface area contributed by atoms with Gasteiger partial charge < -0.3 is 19.5 Å². The number of fused-ring (bicyclic) bond motifs is 7. The summed E-state index contributed by atoms with van der Waals surface area (Å²) in [7, 11) is 0. The van der Waals surface area contributed by atoms with E-state index in [1.807, 2.05) is 51.1 Å². The van der Waals surface area contributed by atoms with E-state index < -0.39 is 12.1 Å². The van der Waals surface area contributed by atoms with Crippen molar-refractivity contribution in [1.29, 1.82) is 0 Å². The quantitative estimate of drug-likeness (QED) is 0.303. The van der Waals surface area contributed by atoms with Crippen molar-refractivity contribution >= 4 is 27.6 Å². The zero-order valence-electron chi connectivity index (χ0n) is 18.7. The first-order chi connectivity index (χ1) is 16.0. The van der Waals surface area contributed by atoms with Gasteiger partial charge in [0.2, 0.25) is 0 Å². The van der Waals surface area contributed by atoms with E-state index in [4.69, 9.17) is 9.72 Å². The SMILES string of the molecule is CC.Cc1c2c(nc3ccc4ccc(CO)cc4c13)-c1cc3c(c(=O)n1C2)COC(=O)C3O. The third kappa shape index (κ3) is 3.00. The second kappa shape index (κ2) is 7.79. The van der Waals surface area contributed by atoms with Gasteiger partial charge in [-0.25, -0.2) is 9.78 Å². The summed E-state index contributed by atoms with van der Waals surface area (Å²) >= 11 is 0. The van der Waals surface area contributed by atoms with E-state index in [0.29, 0.717) is 29.1 Å². The summed E-state index contributed by atoms with van der Waals surface area (Å²) in [5, 5.41) is 22.9. The molecule has 0 saturated heterocycles. The van der Waals surface area contributed by atoms with Gasteiger partial charge in [-0.1, -0.05) is 32.0 Å². The maximum absolute atomic E-state index is 13.1. The number of carbonyl (C=O) groups is 1. The van der Waals surface area contributed by atoms with Gasteiger partial charge in [-0.2, -0.15) is 0 Å². The molecule has 0 bridgehead atoms. The van der Waals surface area contributed by atoms with Crippen molar-refractivity contribution in [1.82, 2.24) is 9.55 Å². The fraction of sp³-hybridized carbons (Fsp3) is 0.269. The molecule has 6 rings (SSSR count). The molecule has 1 unspecified atom stereocenters. The molecular formula is C26H24N2O5. The van der Waals surface area contributed by atoms with Crippen LogP contribution in [0.5, 0.6) is 0 Å². The minimum absolute atomic E-state index is 0.0424. The number of pyridine rings is 2. The number of hydrogen-bond donors (Lipinski definition) is 2. The molecule has 7 nitrogen and oxygen atoms in total. The molecule has 7 heteroatoms. The summed E-state index contributed by atoms with van der Waals surface area (Å²) in [4.78, 5) is 29.8. The van der Waals surface area contributed by atoms with Crippen LogP contribution in [-0.4, -0.2) is 25.7 Å². The monoisotopic (exact) mass is 444 g/mol. The zero-order chi connectivity index (χ0) is 23.4. The van der Waals surface area contributed by atoms with Gasteiger partial charge in [0.1, 0.15) is 6.61 Å². The number of esters is 1. The van der Waals surface area contributed by atoms with E-state index in [2.05, 4.69) is 0 Å². The Bertz CT molecular complexity index is 1520. The number of carbonyl (C=O) groups excluding carboxylic acids is 1. The smallest absolute Gasteiger partial charge is 0.340 e. The highest BCUT2D eigenvalue weighted by atomic mass is 16.5. The standard InChI is InChI=1S/C24H18N2O5.C2H6/c1-11-16-8-26-19(7-15-17(23(26)29)10-31-24(30)22(15)28)21(16)25-18-5-4-13-3-2-12(9-27)6-14(13)20(11)18;1-2/h2-7,22,27-28H,8-10H2,1H3;1-2H3. The maximum Gasteiger partial charge on any atom is 0.340 e. The van der Waals surface area contributed by atoms with Crippen LogP contribution in [0, 0.1) is 6.92 Å². The summed E-state index contributed by atoms with van der Waals surface area (Å²) in [5.74, 6) is -0.746. The van der Waals surface area contributed by atoms with Crippen LogP contribution in [0.4, 0.5) is 0 Å². The average Bonchev–Trinajstić information content (AvgIpc) is 3.22. The van der Waals surface area contributed by atoms with Gasteiger partial charge in [0.05, 0.1) is 35.6 Å². The number of ether oxygens (including phenoxy) is 1. The lowest BCUT2D eigenvalue weighted by molar-refractivity contribution is -0.157. The Hall–Kier alpha value is -3.55. The van der Waals surface area contributed by atoms with Crippen molar-refractivity contribution in [2.45, 2.75) is 46.6 Å². The number of rotatable bonds is 1. The molecule has 0 aliphatic carbocycles. The third-order valence-electron chi connectivity index (χ3n) is 6.46. The van der Waals surface area contributed by atoms with E-state index in [1.165, 1.54) is 0 Å². The molecule has 2 N–H and O–H groups in total. The van der Waals surface area contributed by atoms with Gasteiger partial charge >= 0.3 is 5.97 Å². The number of nitrogens with zero attached hydrogens (tertiary/aromatic N) is 2. The van der Waals surface area contributed by atoms with Crippen LogP contribution < -0.4 is 5.56 Å². The number of aliphatic hydroxyl groups excluding tert-OH is 2. The number of aliphatic hydroxyl groups is 2. The van der Waals surface area contributed by atoms with Crippen LogP contribution >= 0.6 is 0 Å². The van der Waals surface area contributed by atoms with Gasteiger partial charge in [-0.05, 0) is 47.0 Å². The summed E-state index contributed by atoms with van der Waals surface area (Å²) in [5.41, 5.74) is 5.20. The number of benzene rings is 2. The number of aromatic nitrogens is 2. The average molecular weight is 444 g/mol. The van der Waals surface area contributed by atoms with Crippen molar-refractivity contribution in [3.8, 4) is 11.4 Å². The van der Waals surface area contributed by atoms with Crippen molar-refractivity contribution < 1.29 is 19.7 Å². The van der Waals surface area contributed by atoms with Crippen LogP contribution in [0.1, 0.15) is 47.8 Å². The van der Waals surface area contributed by atoms with Gasteiger partial charge in [0, 0.05) is 16.5 Å². The highest BCUT2D eigenvalue weighted by molar-refractivity contribution is 6.09. The number of hydrogen-bond acceptors (Lipinski definition) is 6. The van der Waals surface area contributed by atoms with Crippen LogP contribution in [0.2, 0.25) is 0 Å². The first kappa shape index (κ1) is 21.3. The minimum atomic E-state index is -1.46. The number of aryl methyl sites for hydroxylation is 1. The maximum atomic E-state index is 13.1. The van der Waals surface area contributed by atoms with Crippen molar-refractivity contribution in [3.63, 3.8) is 0 Å². The van der Waals surface area contributed by atoms with Crippen molar-refractivity contribution in [2.24, 2.45) is 0 Å². The second-order valence-electron chi connectivity index (χ2n) is 8.10. The molecule has 0 fully saturated rings. The van der Waals surface area contributed by atoms with Gasteiger partial charge in [-0.3, -0.25) is 4.79 Å². The van der Waals surface area contributed by atoms with Crippen molar-refractivity contribution in [3.05, 3.63) is 74.6 Å². The molecule has 0 amide bonds. The summed E-state index contributed by atoms with van der Waals surface area (Å²) in [6, 6.07) is 11.5. The summed E-state index contributed by atoms with van der Waals surface area (Å²) < 4.78 is 6.59. The molecule has 33 heavy (non-hydrogen) atoms. The Morgan fingerprint density at radius 2 is 1.88 bits per heavy atom. The first-order valence-corrected chi connectivity index (χ1v) is 11.1. The second-order valence-corrected chi connectivity index (χ2v) is 8.10. The molecule has 4 aromatic rings. The Kier molecular flexibility index (Phi) is 5.03. The van der Waals surface area contributed by atoms with Crippen LogP contribution in [0.3, 0.4) is 0 Å². The fourth-order valence-corrected chi connectivity index (χ4v) is 4.82. The van der Waals surface area contributed by atoms with E-state index in [0.717, 1.165) is 38.4 Å². The minimum Gasteiger partial charge on any atom is -0.458 e. The lowest BCUT2D eigenvalue weighted by Gasteiger charge is -2.21.